The normalized spacial score (nSPS) is 13.0. The fourth-order valence-corrected chi connectivity index (χ4v) is 1.86. The number of allylic oxidation sites excluding steroid dienone is 1. The minimum atomic E-state index is -0.00908. The molecule has 3 heteroatoms. The first-order valence-corrected chi connectivity index (χ1v) is 7.05. The maximum absolute atomic E-state index is 6.10. The number of benzene rings is 1. The minimum Gasteiger partial charge on any atom is -0.486 e. The van der Waals surface area contributed by atoms with Crippen molar-refractivity contribution in [3.8, 4) is 5.75 Å². The molecule has 0 bridgehead atoms. The van der Waals surface area contributed by atoms with E-state index in [-0.39, 0.29) is 11.6 Å². The fourth-order valence-electron chi connectivity index (χ4n) is 1.86. The van der Waals surface area contributed by atoms with Gasteiger partial charge in [-0.25, -0.2) is 0 Å². The van der Waals surface area contributed by atoms with Gasteiger partial charge in [0.2, 0.25) is 0 Å². The van der Waals surface area contributed by atoms with E-state index >= 15 is 0 Å². The molecule has 112 valence electrons. The summed E-state index contributed by atoms with van der Waals surface area (Å²) in [6.07, 6.45) is 2.69. The third-order valence-corrected chi connectivity index (χ3v) is 2.84. The van der Waals surface area contributed by atoms with Crippen molar-refractivity contribution in [3.05, 3.63) is 42.5 Å². The molecule has 0 aliphatic heterocycles. The van der Waals surface area contributed by atoms with Gasteiger partial charge >= 0.3 is 0 Å². The molecule has 1 unspecified atom stereocenters. The van der Waals surface area contributed by atoms with Gasteiger partial charge in [0.05, 0.1) is 6.61 Å². The van der Waals surface area contributed by atoms with Crippen molar-refractivity contribution < 1.29 is 9.47 Å². The highest BCUT2D eigenvalue weighted by molar-refractivity contribution is 5.34. The maximum Gasteiger partial charge on any atom is 0.134 e. The van der Waals surface area contributed by atoms with Crippen LogP contribution in [-0.4, -0.2) is 31.9 Å². The van der Waals surface area contributed by atoms with Crippen molar-refractivity contribution in [2.24, 2.45) is 0 Å². The van der Waals surface area contributed by atoms with Crippen LogP contribution in [0.5, 0.6) is 5.75 Å². The number of hydrogen-bond donors (Lipinski definition) is 1. The smallest absolute Gasteiger partial charge is 0.134 e. The van der Waals surface area contributed by atoms with Crippen LogP contribution in [0.15, 0.2) is 36.9 Å². The Balaban J connectivity index is 2.71. The third kappa shape index (κ3) is 6.22. The molecule has 1 aromatic carbocycles. The van der Waals surface area contributed by atoms with Crippen LogP contribution in [0.2, 0.25) is 0 Å². The predicted octanol–water partition coefficient (Wildman–Crippen LogP) is 3.20. The molecule has 0 saturated heterocycles. The molecule has 0 radical (unpaired) electrons. The van der Waals surface area contributed by atoms with Crippen LogP contribution in [0, 0.1) is 0 Å². The van der Waals surface area contributed by atoms with Crippen LogP contribution in [0.1, 0.15) is 26.3 Å². The number of nitrogens with one attached hydrogen (secondary N) is 1. The molecular formula is C17H27NO2. The van der Waals surface area contributed by atoms with Gasteiger partial charge in [-0.1, -0.05) is 24.3 Å². The highest BCUT2D eigenvalue weighted by Crippen LogP contribution is 2.20. The zero-order valence-corrected chi connectivity index (χ0v) is 13.1. The van der Waals surface area contributed by atoms with Gasteiger partial charge < -0.3 is 14.8 Å². The van der Waals surface area contributed by atoms with Crippen LogP contribution >= 0.6 is 0 Å². The standard InChI is InChI=1S/C17H27NO2/c1-6-9-14-10-7-8-11-16(14)20-15(13-19-5)12-18-17(2,3)4/h6-8,10-11,15,18H,1,9,12-13H2,2-5H3. The number of rotatable bonds is 8. The minimum absolute atomic E-state index is 0.00908. The van der Waals surface area contributed by atoms with Crippen molar-refractivity contribution in [1.82, 2.24) is 5.32 Å². The quantitative estimate of drug-likeness (QED) is 0.740. The first-order valence-electron chi connectivity index (χ1n) is 7.05. The van der Waals surface area contributed by atoms with Crippen molar-refractivity contribution >= 4 is 0 Å². The van der Waals surface area contributed by atoms with Gasteiger partial charge in [0.25, 0.3) is 0 Å². The number of methoxy groups -OCH3 is 1. The molecule has 1 atom stereocenters. The lowest BCUT2D eigenvalue weighted by Gasteiger charge is -2.26. The van der Waals surface area contributed by atoms with Crippen LogP contribution in [-0.2, 0) is 11.2 Å². The van der Waals surface area contributed by atoms with E-state index in [1.807, 2.05) is 24.3 Å². The Morgan fingerprint density at radius 1 is 1.30 bits per heavy atom. The summed E-state index contributed by atoms with van der Waals surface area (Å²) in [6.45, 7) is 11.5. The summed E-state index contributed by atoms with van der Waals surface area (Å²) in [5.41, 5.74) is 1.22. The second-order valence-electron chi connectivity index (χ2n) is 5.93. The first-order chi connectivity index (χ1) is 9.46. The van der Waals surface area contributed by atoms with Gasteiger partial charge in [-0.3, -0.25) is 0 Å². The Hall–Kier alpha value is -1.32. The van der Waals surface area contributed by atoms with Gasteiger partial charge in [0, 0.05) is 19.2 Å². The second kappa shape index (κ2) is 8.08. The monoisotopic (exact) mass is 277 g/mol. The summed E-state index contributed by atoms with van der Waals surface area (Å²) >= 11 is 0. The lowest BCUT2D eigenvalue weighted by atomic mass is 10.1. The largest absolute Gasteiger partial charge is 0.486 e. The van der Waals surface area contributed by atoms with E-state index in [0.717, 1.165) is 24.3 Å². The molecule has 0 saturated carbocycles. The summed E-state index contributed by atoms with van der Waals surface area (Å²) in [5, 5.41) is 3.45. The van der Waals surface area contributed by atoms with Gasteiger partial charge in [-0.15, -0.1) is 6.58 Å². The van der Waals surface area contributed by atoms with E-state index in [0.29, 0.717) is 6.61 Å². The molecule has 0 spiro atoms. The average molecular weight is 277 g/mol. The molecule has 1 N–H and O–H groups in total. The van der Waals surface area contributed by atoms with Gasteiger partial charge in [-0.2, -0.15) is 0 Å². The second-order valence-corrected chi connectivity index (χ2v) is 5.93. The fraction of sp³-hybridized carbons (Fsp3) is 0.529. The molecule has 0 fully saturated rings. The summed E-state index contributed by atoms with van der Waals surface area (Å²) in [4.78, 5) is 0. The number of para-hydroxylation sites is 1. The third-order valence-electron chi connectivity index (χ3n) is 2.84. The van der Waals surface area contributed by atoms with E-state index in [9.17, 15) is 0 Å². The summed E-state index contributed by atoms with van der Waals surface area (Å²) < 4.78 is 11.4. The topological polar surface area (TPSA) is 30.5 Å². The Bertz CT molecular complexity index is 410. The molecule has 0 aromatic heterocycles. The van der Waals surface area contributed by atoms with Gasteiger partial charge in [0.15, 0.2) is 0 Å². The Labute approximate surface area is 123 Å². The van der Waals surface area contributed by atoms with Crippen molar-refractivity contribution in [2.45, 2.75) is 38.8 Å². The van der Waals surface area contributed by atoms with E-state index < -0.39 is 0 Å². The van der Waals surface area contributed by atoms with E-state index in [1.54, 1.807) is 7.11 Å². The lowest BCUT2D eigenvalue weighted by molar-refractivity contribution is 0.0759. The summed E-state index contributed by atoms with van der Waals surface area (Å²) in [6, 6.07) is 8.07. The van der Waals surface area contributed by atoms with E-state index in [1.165, 1.54) is 0 Å². The SMILES string of the molecule is C=CCc1ccccc1OC(CNC(C)(C)C)COC. The van der Waals surface area contributed by atoms with Crippen LogP contribution in [0.4, 0.5) is 0 Å². The average Bonchev–Trinajstić information content (AvgIpc) is 2.38. The van der Waals surface area contributed by atoms with Crippen LogP contribution < -0.4 is 10.1 Å². The Morgan fingerprint density at radius 3 is 2.60 bits per heavy atom. The van der Waals surface area contributed by atoms with Gasteiger partial charge in [0.1, 0.15) is 11.9 Å². The molecule has 20 heavy (non-hydrogen) atoms. The van der Waals surface area contributed by atoms with Crippen molar-refractivity contribution in [1.29, 1.82) is 0 Å². The predicted molar refractivity (Wildman–Crippen MR) is 84.4 cm³/mol. The number of ether oxygens (including phenoxy) is 2. The van der Waals surface area contributed by atoms with E-state index in [2.05, 4.69) is 38.7 Å². The van der Waals surface area contributed by atoms with Crippen molar-refractivity contribution in [2.75, 3.05) is 20.3 Å². The zero-order valence-electron chi connectivity index (χ0n) is 13.1. The van der Waals surface area contributed by atoms with Gasteiger partial charge in [-0.05, 0) is 38.8 Å². The molecule has 0 heterocycles. The Kier molecular flexibility index (Phi) is 6.76. The van der Waals surface area contributed by atoms with Crippen LogP contribution in [0.3, 0.4) is 0 Å². The van der Waals surface area contributed by atoms with Crippen molar-refractivity contribution in [3.63, 3.8) is 0 Å². The molecule has 3 nitrogen and oxygen atoms in total. The summed E-state index contributed by atoms with van der Waals surface area (Å²) in [5.74, 6) is 0.908. The molecule has 1 aromatic rings. The lowest BCUT2D eigenvalue weighted by Crippen LogP contribution is -2.44. The van der Waals surface area contributed by atoms with E-state index in [4.69, 9.17) is 9.47 Å². The highest BCUT2D eigenvalue weighted by Gasteiger charge is 2.16. The molecule has 0 amide bonds. The first kappa shape index (κ1) is 16.7. The molecular weight excluding hydrogens is 250 g/mol. The number of hydrogen-bond acceptors (Lipinski definition) is 3. The molecule has 0 aliphatic rings. The van der Waals surface area contributed by atoms with Crippen LogP contribution in [0.25, 0.3) is 0 Å². The zero-order chi connectivity index (χ0) is 15.0. The summed E-state index contributed by atoms with van der Waals surface area (Å²) in [7, 11) is 1.70. The molecule has 1 rings (SSSR count). The molecule has 0 aliphatic carbocycles. The highest BCUT2D eigenvalue weighted by atomic mass is 16.5. The Morgan fingerprint density at radius 2 is 2.00 bits per heavy atom. The maximum atomic E-state index is 6.10.